The Bertz CT molecular complexity index is 2130. The number of amides is 4. The number of primary amides is 1. The Balaban J connectivity index is 1.43. The largest absolute Gasteiger partial charge is 0.481 e. The summed E-state index contributed by atoms with van der Waals surface area (Å²) >= 11 is 1.16. The van der Waals surface area contributed by atoms with Crippen LogP contribution in [0.1, 0.15) is 40.0 Å². The number of nitrogens with two attached hydrogens (primary N) is 3. The molecule has 3 rings (SSSR count). The summed E-state index contributed by atoms with van der Waals surface area (Å²) in [4.78, 5) is 100. The van der Waals surface area contributed by atoms with Gasteiger partial charge in [0, 0.05) is 37.2 Å². The number of aliphatic hydroxyl groups excluding tert-OH is 2. The minimum atomic E-state index is -5.62. The molecule has 0 aromatic carbocycles. The molecule has 4 amide bonds. The van der Waals surface area contributed by atoms with E-state index in [4.69, 9.17) is 40.9 Å². The maximum Gasteiger partial charge on any atom is 0.481 e. The van der Waals surface area contributed by atoms with Gasteiger partial charge in [0.05, 0.1) is 25.3 Å². The smallest absolute Gasteiger partial charge is 0.385 e. The Hall–Kier alpha value is -3.90. The fraction of sp³-hybridized carbons (Fsp3) is 0.667. The number of aromatic nitrogens is 4. The first kappa shape index (κ1) is 54.4. The van der Waals surface area contributed by atoms with Gasteiger partial charge in [-0.05, 0) is 19.8 Å². The van der Waals surface area contributed by atoms with Crippen molar-refractivity contribution in [1.29, 1.82) is 5.41 Å². The number of thioether (sulfide) groups is 1. The first-order chi connectivity index (χ1) is 29.6. The predicted octanol–water partition coefficient (Wildman–Crippen LogP) is -3.45. The molecule has 362 valence electrons. The van der Waals surface area contributed by atoms with Crippen LogP contribution in [-0.4, -0.2) is 154 Å². The summed E-state index contributed by atoms with van der Waals surface area (Å²) in [5.74, 6) is -2.71. The summed E-state index contributed by atoms with van der Waals surface area (Å²) in [6, 6.07) is -0.916. The van der Waals surface area contributed by atoms with Gasteiger partial charge in [0.2, 0.25) is 23.6 Å². The number of rotatable bonds is 27. The topological polar surface area (TPSA) is 481 Å². The normalized spacial score (nSPS) is 21.9. The van der Waals surface area contributed by atoms with Crippen LogP contribution in [0.25, 0.3) is 11.2 Å². The standard InChI is InChI=1S/C30H53N12O18P3S/c1-29(2,23(46)27(48)36-8-6-18(43)35-9-10-64-12-19(44)41-16(25(32)47)5-4-7-37-28(33)34)13-57-63(54,55)60-62(52,53)56-11-17-21(59-61(49,50)51)22(45)30(3,58-17)42-15-40-20-24(31)38-14-39-26(20)42/h14-17,21-23,45-46H,4-13H2,1-3H3,(H2,32,47)(H,35,43)(H,36,48)(H,41,44)(H,52,53)(H,54,55)(H2,31,38,39)(H4,33,34,37)(H2,49,50,51)/t16-,17?,21?,22?,23?,30?/m0/s1. The number of nitrogen functional groups attached to an aromatic ring is 1. The number of ether oxygens (including phenoxy) is 1. The molecule has 0 bridgehead atoms. The molecule has 1 aliphatic heterocycles. The van der Waals surface area contributed by atoms with Gasteiger partial charge in [-0.15, -0.1) is 0 Å². The second kappa shape index (κ2) is 23.0. The summed E-state index contributed by atoms with van der Waals surface area (Å²) in [6.07, 6.45) is -5.03. The van der Waals surface area contributed by atoms with Crippen molar-refractivity contribution < 1.29 is 85.3 Å². The molecule has 1 saturated heterocycles. The minimum Gasteiger partial charge on any atom is -0.385 e. The van der Waals surface area contributed by atoms with E-state index in [1.807, 2.05) is 0 Å². The van der Waals surface area contributed by atoms with E-state index < -0.39 is 102 Å². The fourth-order valence-corrected chi connectivity index (χ4v) is 9.21. The summed E-state index contributed by atoms with van der Waals surface area (Å²) < 4.78 is 62.8. The molecular formula is C30H53N12O18P3S. The van der Waals surface area contributed by atoms with Gasteiger partial charge in [-0.25, -0.2) is 28.6 Å². The third kappa shape index (κ3) is 16.5. The quantitative estimate of drug-likeness (QED) is 0.0179. The number of carbonyl (C=O) groups is 4. The van der Waals surface area contributed by atoms with E-state index >= 15 is 0 Å². The molecule has 7 unspecified atom stereocenters. The SMILES string of the molecule is CC(C)(COP(=O)(O)OP(=O)(O)OCC1OC(C)(n2cnc3c(N)ncnc32)C(O)C1OP(=O)(O)O)C(O)C(=O)NCCC(=O)NCCSCC(=O)N[C@@H](CCCNC(=N)N)C(N)=O. The zero-order chi connectivity index (χ0) is 48.3. The Morgan fingerprint density at radius 1 is 1.02 bits per heavy atom. The second-order valence-corrected chi connectivity index (χ2v) is 20.0. The number of hydrogen-bond donors (Lipinski definition) is 14. The highest BCUT2D eigenvalue weighted by Crippen LogP contribution is 2.61. The van der Waals surface area contributed by atoms with Gasteiger partial charge in [-0.2, -0.15) is 16.1 Å². The second-order valence-electron chi connectivity index (χ2n) is 14.7. The number of hydrogen-bond acceptors (Lipinski definition) is 20. The molecule has 0 spiro atoms. The number of phosphoric ester groups is 3. The van der Waals surface area contributed by atoms with Crippen LogP contribution in [0.15, 0.2) is 12.7 Å². The zero-order valence-electron chi connectivity index (χ0n) is 34.5. The van der Waals surface area contributed by atoms with Crippen molar-refractivity contribution in [1.82, 2.24) is 40.8 Å². The number of imidazole rings is 1. The van der Waals surface area contributed by atoms with Crippen LogP contribution in [-0.2, 0) is 61.2 Å². The molecular weight excluding hydrogens is 941 g/mol. The molecule has 0 aliphatic carbocycles. The molecule has 0 radical (unpaired) electrons. The van der Waals surface area contributed by atoms with E-state index in [9.17, 15) is 62.7 Å². The lowest BCUT2D eigenvalue weighted by molar-refractivity contribution is -0.137. The Morgan fingerprint density at radius 2 is 1.69 bits per heavy atom. The highest BCUT2D eigenvalue weighted by molar-refractivity contribution is 7.99. The molecule has 34 heteroatoms. The Kier molecular flexibility index (Phi) is 19.6. The summed E-state index contributed by atoms with van der Waals surface area (Å²) in [7, 11) is -16.5. The fourth-order valence-electron chi connectivity index (χ4n) is 5.73. The van der Waals surface area contributed by atoms with Crippen LogP contribution in [0.3, 0.4) is 0 Å². The van der Waals surface area contributed by atoms with E-state index in [2.05, 4.69) is 40.5 Å². The molecule has 2 aromatic heterocycles. The predicted molar refractivity (Wildman–Crippen MR) is 222 cm³/mol. The van der Waals surface area contributed by atoms with Gasteiger partial charge in [0.1, 0.15) is 42.3 Å². The van der Waals surface area contributed by atoms with Crippen molar-refractivity contribution in [2.75, 3.05) is 50.1 Å². The van der Waals surface area contributed by atoms with Crippen molar-refractivity contribution >= 4 is 81.8 Å². The van der Waals surface area contributed by atoms with Gasteiger partial charge in [0.25, 0.3) is 0 Å². The van der Waals surface area contributed by atoms with E-state index in [1.54, 1.807) is 0 Å². The number of anilines is 1. The monoisotopic (exact) mass is 994 g/mol. The molecule has 64 heavy (non-hydrogen) atoms. The van der Waals surface area contributed by atoms with Crippen LogP contribution < -0.4 is 38.5 Å². The van der Waals surface area contributed by atoms with Gasteiger partial charge >= 0.3 is 23.5 Å². The highest BCUT2D eigenvalue weighted by Gasteiger charge is 2.57. The number of phosphoric acid groups is 3. The third-order valence-electron chi connectivity index (χ3n) is 9.03. The lowest BCUT2D eigenvalue weighted by Gasteiger charge is -2.30. The number of carbonyl (C=O) groups excluding carboxylic acids is 4. The zero-order valence-corrected chi connectivity index (χ0v) is 38.0. The number of guanidine groups is 1. The van der Waals surface area contributed by atoms with E-state index in [1.165, 1.54) is 20.8 Å². The number of nitrogens with one attached hydrogen (secondary N) is 5. The third-order valence-corrected chi connectivity index (χ3v) is 13.1. The number of nitrogens with zero attached hydrogens (tertiary/aromatic N) is 4. The molecule has 8 atom stereocenters. The average molecular weight is 995 g/mol. The van der Waals surface area contributed by atoms with Gasteiger partial charge in [-0.3, -0.25) is 42.7 Å². The molecule has 1 aliphatic rings. The van der Waals surface area contributed by atoms with Crippen molar-refractivity contribution in [2.24, 2.45) is 16.9 Å². The Morgan fingerprint density at radius 3 is 2.33 bits per heavy atom. The molecule has 30 nitrogen and oxygen atoms in total. The minimum absolute atomic E-state index is 0.00551. The van der Waals surface area contributed by atoms with Crippen LogP contribution in [0, 0.1) is 10.8 Å². The first-order valence-corrected chi connectivity index (χ1v) is 24.4. The summed E-state index contributed by atoms with van der Waals surface area (Å²) in [5.41, 5.74) is 12.7. The van der Waals surface area contributed by atoms with Gasteiger partial charge in [0.15, 0.2) is 23.1 Å². The van der Waals surface area contributed by atoms with Crippen molar-refractivity contribution in [3.8, 4) is 0 Å². The highest BCUT2D eigenvalue weighted by atomic mass is 32.2. The summed E-state index contributed by atoms with van der Waals surface area (Å²) in [6.45, 7) is 1.80. The first-order valence-electron chi connectivity index (χ1n) is 18.7. The van der Waals surface area contributed by atoms with Crippen molar-refractivity contribution in [3.05, 3.63) is 12.7 Å². The van der Waals surface area contributed by atoms with Crippen LogP contribution in [0.5, 0.6) is 0 Å². The summed E-state index contributed by atoms with van der Waals surface area (Å²) in [5, 5.41) is 38.9. The van der Waals surface area contributed by atoms with Gasteiger partial charge < -0.3 is 73.0 Å². The molecule has 17 N–H and O–H groups in total. The molecule has 0 saturated carbocycles. The maximum absolute atomic E-state index is 12.8. The maximum atomic E-state index is 12.8. The van der Waals surface area contributed by atoms with Crippen LogP contribution in [0.4, 0.5) is 5.82 Å². The lowest BCUT2D eigenvalue weighted by Crippen LogP contribution is -2.46. The molecule has 3 heterocycles. The number of aliphatic hydroxyl groups is 2. The van der Waals surface area contributed by atoms with Gasteiger partial charge in [-0.1, -0.05) is 13.8 Å². The average Bonchev–Trinajstić information content (AvgIpc) is 3.72. The molecule has 2 aromatic rings. The Labute approximate surface area is 368 Å². The van der Waals surface area contributed by atoms with Crippen LogP contribution in [0.2, 0.25) is 0 Å². The lowest BCUT2D eigenvalue weighted by atomic mass is 9.87. The van der Waals surface area contributed by atoms with E-state index in [0.717, 1.165) is 29.0 Å². The van der Waals surface area contributed by atoms with E-state index in [-0.39, 0.29) is 54.6 Å². The van der Waals surface area contributed by atoms with Crippen molar-refractivity contribution in [2.45, 2.75) is 76.2 Å². The van der Waals surface area contributed by atoms with E-state index in [0.29, 0.717) is 18.7 Å². The van der Waals surface area contributed by atoms with Crippen molar-refractivity contribution in [3.63, 3.8) is 0 Å². The molecule has 1 fully saturated rings. The number of fused-ring (bicyclic) bond motifs is 1. The van der Waals surface area contributed by atoms with Crippen LogP contribution >= 0.6 is 35.2 Å².